The molecule has 12 heteroatoms. The number of aromatic nitrogens is 1. The zero-order chi connectivity index (χ0) is 22.3. The maximum absolute atomic E-state index is 14.2. The van der Waals surface area contributed by atoms with Crippen LogP contribution in [0.4, 0.5) is 17.6 Å². The Bertz CT molecular complexity index is 1190. The van der Waals surface area contributed by atoms with Crippen molar-refractivity contribution in [2.24, 2.45) is 0 Å². The maximum Gasteiger partial charge on any atom is 0.468 e. The van der Waals surface area contributed by atoms with Gasteiger partial charge in [0.15, 0.2) is 11.6 Å². The first-order chi connectivity index (χ1) is 14.0. The molecule has 0 aliphatic heterocycles. The number of alkyl halides is 3. The van der Waals surface area contributed by atoms with Crippen LogP contribution in [0.3, 0.4) is 0 Å². The second-order valence-corrected chi connectivity index (χ2v) is 8.64. The van der Waals surface area contributed by atoms with Gasteiger partial charge in [-0.15, -0.1) is 0 Å². The largest absolute Gasteiger partial charge is 0.492 e. The Morgan fingerprint density at radius 1 is 1.17 bits per heavy atom. The number of benzene rings is 2. The number of ether oxygens (including phenoxy) is 1. The van der Waals surface area contributed by atoms with E-state index in [0.29, 0.717) is 15.6 Å². The number of halogens is 5. The topological polar surface area (TPSA) is 81.4 Å². The number of nitrogens with one attached hydrogen (secondary N) is 1. The van der Waals surface area contributed by atoms with Gasteiger partial charge in [0.05, 0.1) is 16.5 Å². The maximum atomic E-state index is 14.2. The van der Waals surface area contributed by atoms with Crippen molar-refractivity contribution in [3.05, 3.63) is 52.8 Å². The lowest BCUT2D eigenvalue weighted by Crippen LogP contribution is -2.19. The van der Waals surface area contributed by atoms with Crippen molar-refractivity contribution in [3.63, 3.8) is 0 Å². The smallest absolute Gasteiger partial charge is 0.468 e. The normalized spacial score (nSPS) is 12.2. The van der Waals surface area contributed by atoms with Gasteiger partial charge in [0.2, 0.25) is 10.0 Å². The number of methoxy groups -OCH3 is 1. The van der Waals surface area contributed by atoms with E-state index in [1.807, 2.05) is 0 Å². The Labute approximate surface area is 177 Å². The molecule has 0 spiro atoms. The summed E-state index contributed by atoms with van der Waals surface area (Å²) in [4.78, 5) is 3.00. The molecule has 1 N–H and O–H groups in total. The van der Waals surface area contributed by atoms with Crippen molar-refractivity contribution in [1.82, 2.24) is 9.71 Å². The molecule has 30 heavy (non-hydrogen) atoms. The summed E-state index contributed by atoms with van der Waals surface area (Å²) < 4.78 is 89.5. The van der Waals surface area contributed by atoms with Crippen LogP contribution in [0.2, 0.25) is 0 Å². The average molecular weight is 509 g/mol. The highest BCUT2D eigenvalue weighted by Gasteiger charge is 2.37. The molecule has 0 aliphatic carbocycles. The third-order valence-electron chi connectivity index (χ3n) is 4.10. The van der Waals surface area contributed by atoms with E-state index < -0.39 is 27.9 Å². The predicted octanol–water partition coefficient (Wildman–Crippen LogP) is 4.85. The first-order valence-corrected chi connectivity index (χ1v) is 10.4. The highest BCUT2D eigenvalue weighted by molar-refractivity contribution is 9.10. The molecule has 0 saturated heterocycles. The molecule has 2 aromatic carbocycles. The number of rotatable bonds is 5. The molecule has 1 aromatic heterocycles. The molecule has 0 radical (unpaired) electrons. The fourth-order valence-corrected chi connectivity index (χ4v) is 4.26. The summed E-state index contributed by atoms with van der Waals surface area (Å²) in [5, 5.41) is 0. The van der Waals surface area contributed by atoms with E-state index in [9.17, 15) is 26.0 Å². The summed E-state index contributed by atoms with van der Waals surface area (Å²) in [5.74, 6) is -2.22. The van der Waals surface area contributed by atoms with E-state index in [4.69, 9.17) is 4.74 Å². The van der Waals surface area contributed by atoms with Gasteiger partial charge >= 0.3 is 12.1 Å². The highest BCUT2D eigenvalue weighted by Crippen LogP contribution is 2.37. The summed E-state index contributed by atoms with van der Waals surface area (Å²) in [6, 6.07) is 6.57. The van der Waals surface area contributed by atoms with Crippen molar-refractivity contribution in [1.29, 1.82) is 0 Å². The standard InChI is InChI=1S/C18H13BrF4N2O4S/c1-24-30(26,27)15-7-9(10-5-12(19)16(28-2)13(20)6-10)3-4-11(15)14-8-29-17(25-14)18(21,22)23/h3-8,24H,1-2H3. The Kier molecular flexibility index (Phi) is 5.94. The van der Waals surface area contributed by atoms with E-state index in [1.54, 1.807) is 0 Å². The molecule has 0 bridgehead atoms. The highest BCUT2D eigenvalue weighted by atomic mass is 79.9. The Hall–Kier alpha value is -2.44. The monoisotopic (exact) mass is 508 g/mol. The zero-order valence-corrected chi connectivity index (χ0v) is 17.7. The quantitative estimate of drug-likeness (QED) is 0.498. The Balaban J connectivity index is 2.20. The van der Waals surface area contributed by atoms with Crippen molar-refractivity contribution in [3.8, 4) is 28.1 Å². The summed E-state index contributed by atoms with van der Waals surface area (Å²) in [7, 11) is -1.66. The minimum absolute atomic E-state index is 0.0271. The van der Waals surface area contributed by atoms with Gasteiger partial charge in [-0.05, 0) is 52.3 Å². The first-order valence-electron chi connectivity index (χ1n) is 8.12. The molecule has 0 fully saturated rings. The molecular formula is C18H13BrF4N2O4S. The molecule has 1 heterocycles. The first kappa shape index (κ1) is 22.2. The van der Waals surface area contributed by atoms with Gasteiger partial charge in [-0.25, -0.2) is 22.5 Å². The second kappa shape index (κ2) is 8.00. The van der Waals surface area contributed by atoms with Crippen LogP contribution in [-0.2, 0) is 16.2 Å². The summed E-state index contributed by atoms with van der Waals surface area (Å²) in [6.45, 7) is 0. The SMILES string of the molecule is CNS(=O)(=O)c1cc(-c2cc(F)c(OC)c(Br)c2)ccc1-c1coc(C(F)(F)F)n1. The van der Waals surface area contributed by atoms with Crippen molar-refractivity contribution < 1.29 is 35.1 Å². The molecule has 0 aliphatic rings. The fourth-order valence-electron chi connectivity index (χ4n) is 2.70. The molecule has 0 atom stereocenters. The van der Waals surface area contributed by atoms with E-state index in [2.05, 4.69) is 30.1 Å². The lowest BCUT2D eigenvalue weighted by atomic mass is 10.0. The number of hydrogen-bond acceptors (Lipinski definition) is 5. The van der Waals surface area contributed by atoms with Crippen LogP contribution in [0, 0.1) is 5.82 Å². The van der Waals surface area contributed by atoms with Crippen LogP contribution in [-0.4, -0.2) is 27.6 Å². The van der Waals surface area contributed by atoms with Crippen LogP contribution in [0.25, 0.3) is 22.4 Å². The lowest BCUT2D eigenvalue weighted by Gasteiger charge is -2.12. The molecular weight excluding hydrogens is 496 g/mol. The van der Waals surface area contributed by atoms with Crippen molar-refractivity contribution in [2.75, 3.05) is 14.2 Å². The fraction of sp³-hybridized carbons (Fsp3) is 0.167. The van der Waals surface area contributed by atoms with Gasteiger partial charge in [0, 0.05) is 5.56 Å². The van der Waals surface area contributed by atoms with Crippen LogP contribution in [0.15, 0.2) is 50.4 Å². The van der Waals surface area contributed by atoms with Crippen LogP contribution in [0.1, 0.15) is 5.89 Å². The summed E-state index contributed by atoms with van der Waals surface area (Å²) in [6.07, 6.45) is -4.11. The number of hydrogen-bond donors (Lipinski definition) is 1. The van der Waals surface area contributed by atoms with E-state index in [1.165, 1.54) is 31.4 Å². The van der Waals surface area contributed by atoms with Gasteiger partial charge < -0.3 is 9.15 Å². The predicted molar refractivity (Wildman–Crippen MR) is 103 cm³/mol. The molecule has 6 nitrogen and oxygen atoms in total. The van der Waals surface area contributed by atoms with E-state index in [0.717, 1.165) is 19.4 Å². The van der Waals surface area contributed by atoms with Gasteiger partial charge in [-0.2, -0.15) is 13.2 Å². The van der Waals surface area contributed by atoms with E-state index in [-0.39, 0.29) is 21.9 Å². The zero-order valence-electron chi connectivity index (χ0n) is 15.3. The molecule has 0 amide bonds. The Morgan fingerprint density at radius 3 is 2.40 bits per heavy atom. The van der Waals surface area contributed by atoms with Crippen LogP contribution >= 0.6 is 15.9 Å². The number of nitrogens with zero attached hydrogens (tertiary/aromatic N) is 1. The molecule has 0 unspecified atom stereocenters. The van der Waals surface area contributed by atoms with Crippen molar-refractivity contribution in [2.45, 2.75) is 11.1 Å². The average Bonchev–Trinajstić information content (AvgIpc) is 3.18. The van der Waals surface area contributed by atoms with Gasteiger partial charge in [0.1, 0.15) is 12.0 Å². The summed E-state index contributed by atoms with van der Waals surface area (Å²) in [5.41, 5.74) is 0.190. The molecule has 3 rings (SSSR count). The summed E-state index contributed by atoms with van der Waals surface area (Å²) >= 11 is 3.18. The van der Waals surface area contributed by atoms with E-state index >= 15 is 0 Å². The van der Waals surface area contributed by atoms with Gasteiger partial charge in [-0.3, -0.25) is 0 Å². The Morgan fingerprint density at radius 2 is 1.87 bits per heavy atom. The van der Waals surface area contributed by atoms with Gasteiger partial charge in [0.25, 0.3) is 0 Å². The number of oxazole rings is 1. The van der Waals surface area contributed by atoms with Crippen molar-refractivity contribution >= 4 is 26.0 Å². The minimum Gasteiger partial charge on any atom is -0.492 e. The third-order valence-corrected chi connectivity index (χ3v) is 6.14. The number of sulfonamides is 1. The minimum atomic E-state index is -4.83. The van der Waals surface area contributed by atoms with Gasteiger partial charge in [-0.1, -0.05) is 12.1 Å². The second-order valence-electron chi connectivity index (χ2n) is 5.93. The molecule has 3 aromatic rings. The third kappa shape index (κ3) is 4.20. The molecule has 160 valence electrons. The van der Waals surface area contributed by atoms with Crippen LogP contribution in [0.5, 0.6) is 5.75 Å². The van der Waals surface area contributed by atoms with Crippen LogP contribution < -0.4 is 9.46 Å². The molecule has 0 saturated carbocycles. The lowest BCUT2D eigenvalue weighted by molar-refractivity contribution is -0.157.